The van der Waals surface area contributed by atoms with Crippen LogP contribution in [0.3, 0.4) is 0 Å². The molecule has 180 valence electrons. The number of rotatable bonds is 16. The van der Waals surface area contributed by atoms with Crippen LogP contribution in [0.15, 0.2) is 0 Å². The molecule has 0 aromatic carbocycles. The molecule has 0 saturated heterocycles. The second-order valence-electron chi connectivity index (χ2n) is 8.09. The fraction of sp³-hybridized carbons (Fsp3) is 0.818. The van der Waals surface area contributed by atoms with E-state index in [9.17, 15) is 29.4 Å². The normalized spacial score (nSPS) is 12.3. The Bertz CT molecular complexity index is 569. The molecule has 2 N–H and O–H groups in total. The van der Waals surface area contributed by atoms with Crippen LogP contribution >= 0.6 is 0 Å². The minimum absolute atomic E-state index is 0.0537. The van der Waals surface area contributed by atoms with Gasteiger partial charge in [0, 0.05) is 0 Å². The number of unbranched alkanes of at least 4 members (excludes halogenated alkanes) is 2. The topological polar surface area (TPSA) is 127 Å². The molecule has 0 saturated carbocycles. The van der Waals surface area contributed by atoms with Gasteiger partial charge in [0.15, 0.2) is 0 Å². The van der Waals surface area contributed by atoms with Crippen LogP contribution in [0.4, 0.5) is 0 Å². The molecule has 9 heteroatoms. The monoisotopic (exact) mass is 552 g/mol. The van der Waals surface area contributed by atoms with Crippen LogP contribution in [0, 0.1) is 10.8 Å². The molecule has 0 aromatic heterocycles. The zero-order valence-corrected chi connectivity index (χ0v) is 22.8. The third-order valence-corrected chi connectivity index (χ3v) is 15.9. The number of carbonyl (C=O) groups excluding carboxylic acids is 2. The molecule has 0 unspecified atom stereocenters. The SMILES string of the molecule is CCC[CH2][Sn]([CH2]CCC)([O]C(=O)C(CC)(CC)C(=O)O)[O]C(=O)C(CC)(CC)C(=O)O. The Hall–Kier alpha value is -1.32. The number of carboxylic acid groups (broad SMARTS) is 2. The first-order valence-corrected chi connectivity index (χ1v) is 17.8. The van der Waals surface area contributed by atoms with Crippen molar-refractivity contribution in [3.63, 3.8) is 0 Å². The zero-order valence-electron chi connectivity index (χ0n) is 19.9. The number of hydrogen-bond acceptors (Lipinski definition) is 6. The maximum absolute atomic E-state index is 13.2. The Morgan fingerprint density at radius 2 is 0.935 bits per heavy atom. The van der Waals surface area contributed by atoms with Gasteiger partial charge in [-0.25, -0.2) is 0 Å². The fourth-order valence-corrected chi connectivity index (χ4v) is 13.8. The van der Waals surface area contributed by atoms with Crippen molar-refractivity contribution in [1.82, 2.24) is 0 Å². The second-order valence-corrected chi connectivity index (χ2v) is 17.3. The summed E-state index contributed by atoms with van der Waals surface area (Å²) in [6.07, 6.45) is 3.06. The Balaban J connectivity index is 6.33. The van der Waals surface area contributed by atoms with Crippen molar-refractivity contribution in [3.05, 3.63) is 0 Å². The van der Waals surface area contributed by atoms with Gasteiger partial charge in [-0.15, -0.1) is 0 Å². The van der Waals surface area contributed by atoms with Crippen LogP contribution in [0.5, 0.6) is 0 Å². The van der Waals surface area contributed by atoms with Crippen LogP contribution in [-0.4, -0.2) is 53.3 Å². The third kappa shape index (κ3) is 6.83. The van der Waals surface area contributed by atoms with Crippen LogP contribution in [0.25, 0.3) is 0 Å². The predicted octanol–water partition coefficient (Wildman–Crippen LogP) is 4.90. The molecule has 0 amide bonds. The number of carboxylic acids is 2. The summed E-state index contributed by atoms with van der Waals surface area (Å²) in [5.41, 5.74) is -3.40. The Morgan fingerprint density at radius 1 is 0.645 bits per heavy atom. The quantitative estimate of drug-likeness (QED) is 0.205. The van der Waals surface area contributed by atoms with E-state index in [4.69, 9.17) is 6.15 Å². The van der Waals surface area contributed by atoms with Gasteiger partial charge in [-0.3, -0.25) is 0 Å². The van der Waals surface area contributed by atoms with Crippen molar-refractivity contribution in [2.45, 2.75) is 102 Å². The molecule has 8 nitrogen and oxygen atoms in total. The summed E-state index contributed by atoms with van der Waals surface area (Å²) in [6.45, 7) is 10.4. The molecule has 0 atom stereocenters. The van der Waals surface area contributed by atoms with E-state index in [0.29, 0.717) is 21.7 Å². The van der Waals surface area contributed by atoms with Gasteiger partial charge >= 0.3 is 191 Å². The van der Waals surface area contributed by atoms with Crippen molar-refractivity contribution in [3.8, 4) is 0 Å². The van der Waals surface area contributed by atoms with Gasteiger partial charge in [0.05, 0.1) is 0 Å². The van der Waals surface area contributed by atoms with E-state index in [0.717, 1.165) is 12.8 Å². The maximum atomic E-state index is 13.2. The summed E-state index contributed by atoms with van der Waals surface area (Å²) < 4.78 is 12.6. The van der Waals surface area contributed by atoms with E-state index >= 15 is 0 Å². The molecule has 31 heavy (non-hydrogen) atoms. The Morgan fingerprint density at radius 3 is 1.13 bits per heavy atom. The molecule has 0 bridgehead atoms. The van der Waals surface area contributed by atoms with E-state index < -0.39 is 53.9 Å². The summed E-state index contributed by atoms with van der Waals surface area (Å²) >= 11 is -4.52. The van der Waals surface area contributed by atoms with E-state index in [1.54, 1.807) is 27.7 Å². The van der Waals surface area contributed by atoms with E-state index in [1.165, 1.54) is 0 Å². The van der Waals surface area contributed by atoms with Crippen molar-refractivity contribution in [1.29, 1.82) is 0 Å². The molecule has 0 heterocycles. The molecule has 0 aliphatic carbocycles. The molecule has 0 rings (SSSR count). The molecule has 0 radical (unpaired) electrons. The van der Waals surface area contributed by atoms with Crippen LogP contribution in [-0.2, 0) is 25.3 Å². The van der Waals surface area contributed by atoms with Crippen molar-refractivity contribution < 1.29 is 35.5 Å². The van der Waals surface area contributed by atoms with Gasteiger partial charge in [0.1, 0.15) is 0 Å². The summed E-state index contributed by atoms with van der Waals surface area (Å²) in [4.78, 5) is 50.2. The number of aliphatic carboxylic acids is 2. The van der Waals surface area contributed by atoms with Gasteiger partial charge in [0.2, 0.25) is 0 Å². The van der Waals surface area contributed by atoms with Gasteiger partial charge in [0.25, 0.3) is 0 Å². The van der Waals surface area contributed by atoms with Crippen molar-refractivity contribution in [2.75, 3.05) is 0 Å². The standard InChI is InChI=1S/2C7H12O4.2C4H9.Sn/c2*1-3-7(4-2,5(8)9)6(10)11;2*1-3-4-2;/h2*3-4H2,1-2H3,(H,8,9)(H,10,11);2*1,3-4H2,2H3;/q;;;;+2/p-2. The molecule has 0 aromatic rings. The summed E-state index contributed by atoms with van der Waals surface area (Å²) in [5, 5.41) is 19.5. The summed E-state index contributed by atoms with van der Waals surface area (Å²) in [6, 6.07) is 0. The van der Waals surface area contributed by atoms with Gasteiger partial charge in [-0.05, 0) is 0 Å². The first kappa shape index (κ1) is 29.7. The van der Waals surface area contributed by atoms with E-state index in [2.05, 4.69) is 0 Å². The minimum atomic E-state index is -4.52. The molecular formula is C22H40O8Sn. The van der Waals surface area contributed by atoms with Gasteiger partial charge in [-0.2, -0.15) is 0 Å². The fourth-order valence-electron chi connectivity index (χ4n) is 3.63. The van der Waals surface area contributed by atoms with Crippen LogP contribution in [0.1, 0.15) is 92.9 Å². The summed E-state index contributed by atoms with van der Waals surface area (Å²) in [5.74, 6) is -4.26. The first-order chi connectivity index (χ1) is 14.5. The third-order valence-electron chi connectivity index (χ3n) is 6.39. The molecule has 0 spiro atoms. The van der Waals surface area contributed by atoms with E-state index in [-0.39, 0.29) is 25.7 Å². The first-order valence-electron chi connectivity index (χ1n) is 11.4. The molecule has 0 fully saturated rings. The van der Waals surface area contributed by atoms with Crippen molar-refractivity contribution >= 4 is 43.1 Å². The van der Waals surface area contributed by atoms with Gasteiger partial charge < -0.3 is 0 Å². The second kappa shape index (κ2) is 13.3. The Labute approximate surface area is 191 Å². The Kier molecular flexibility index (Phi) is 12.7. The molecule has 0 aliphatic heterocycles. The number of carbonyl (C=O) groups is 4. The number of hydrogen-bond donors (Lipinski definition) is 2. The zero-order chi connectivity index (χ0) is 24.3. The molecule has 0 aliphatic rings. The summed E-state index contributed by atoms with van der Waals surface area (Å²) in [7, 11) is 0. The van der Waals surface area contributed by atoms with Crippen LogP contribution < -0.4 is 0 Å². The van der Waals surface area contributed by atoms with E-state index in [1.807, 2.05) is 13.8 Å². The average molecular weight is 551 g/mol. The average Bonchev–Trinajstić information content (AvgIpc) is 2.72. The van der Waals surface area contributed by atoms with Gasteiger partial charge in [-0.1, -0.05) is 0 Å². The van der Waals surface area contributed by atoms with Crippen LogP contribution in [0.2, 0.25) is 8.87 Å². The molecular weight excluding hydrogens is 511 g/mol. The predicted molar refractivity (Wildman–Crippen MR) is 119 cm³/mol. The van der Waals surface area contributed by atoms with Crippen molar-refractivity contribution in [2.24, 2.45) is 10.8 Å².